The summed E-state index contributed by atoms with van der Waals surface area (Å²) in [5.41, 5.74) is 0. The van der Waals surface area contributed by atoms with Crippen LogP contribution in [-0.2, 0) is 0 Å². The molecule has 9 heavy (non-hydrogen) atoms. The van der Waals surface area contributed by atoms with Gasteiger partial charge in [-0.1, -0.05) is 13.8 Å². The van der Waals surface area contributed by atoms with Gasteiger partial charge < -0.3 is 13.1 Å². The molecule has 0 aromatic heterocycles. The Morgan fingerprint density at radius 1 is 1.44 bits per heavy atom. The molecule has 0 aromatic carbocycles. The molecular formula is C6H16MgO2. The molecule has 0 saturated heterocycles. The van der Waals surface area contributed by atoms with Gasteiger partial charge in [0.05, 0.1) is 12.7 Å². The summed E-state index contributed by atoms with van der Waals surface area (Å²) in [4.78, 5) is 0. The molecule has 1 unspecified atom stereocenters. The Kier molecular flexibility index (Phi) is 9.35. The molecule has 2 nitrogen and oxygen atoms in total. The maximum Gasteiger partial charge on any atom is 2.00 e. The standard InChI is InChI=1S/C6H14O2.Mg.2H/c1-5(2)3-6(8)4-7;;;/h5-8H,3-4H2,1-2H3;;;/q;+2;2*-1. The second-order valence-corrected chi connectivity index (χ2v) is 2.47. The Bertz CT molecular complexity index is 64.5. The first-order chi connectivity index (χ1) is 3.66. The van der Waals surface area contributed by atoms with Crippen molar-refractivity contribution in [1.29, 1.82) is 0 Å². The Balaban J connectivity index is -0.0000000817. The van der Waals surface area contributed by atoms with E-state index in [1.54, 1.807) is 0 Å². The average molecular weight is 144 g/mol. The zero-order chi connectivity index (χ0) is 6.57. The number of rotatable bonds is 3. The van der Waals surface area contributed by atoms with E-state index in [9.17, 15) is 0 Å². The maximum atomic E-state index is 8.78. The summed E-state index contributed by atoms with van der Waals surface area (Å²) in [6.07, 6.45) is 0.172. The van der Waals surface area contributed by atoms with E-state index in [2.05, 4.69) is 0 Å². The van der Waals surface area contributed by atoms with Gasteiger partial charge in [-0.05, 0) is 12.3 Å². The monoisotopic (exact) mass is 144 g/mol. The maximum absolute atomic E-state index is 8.78. The fraction of sp³-hybridized carbons (Fsp3) is 1.00. The van der Waals surface area contributed by atoms with Crippen LogP contribution >= 0.6 is 0 Å². The van der Waals surface area contributed by atoms with E-state index in [-0.39, 0.29) is 32.5 Å². The summed E-state index contributed by atoms with van der Waals surface area (Å²) in [5.74, 6) is 0.470. The van der Waals surface area contributed by atoms with E-state index in [0.717, 1.165) is 0 Å². The van der Waals surface area contributed by atoms with E-state index in [0.29, 0.717) is 12.3 Å². The third kappa shape index (κ3) is 8.69. The van der Waals surface area contributed by atoms with Gasteiger partial charge in [0, 0.05) is 0 Å². The molecule has 0 aliphatic heterocycles. The van der Waals surface area contributed by atoms with Gasteiger partial charge in [-0.2, -0.15) is 0 Å². The van der Waals surface area contributed by atoms with Crippen molar-refractivity contribution in [2.45, 2.75) is 26.4 Å². The first kappa shape index (κ1) is 12.4. The van der Waals surface area contributed by atoms with Gasteiger partial charge in [0.25, 0.3) is 0 Å². The minimum Gasteiger partial charge on any atom is -1.00 e. The molecular weight excluding hydrogens is 128 g/mol. The SMILES string of the molecule is CC(C)CC(O)CO.[H-].[H-].[Mg+2]. The molecule has 0 aromatic rings. The average Bonchev–Trinajstić information content (AvgIpc) is 1.65. The molecule has 0 radical (unpaired) electrons. The fourth-order valence-corrected chi connectivity index (χ4v) is 0.619. The van der Waals surface area contributed by atoms with Crippen LogP contribution in [0.5, 0.6) is 0 Å². The topological polar surface area (TPSA) is 40.5 Å². The Morgan fingerprint density at radius 2 is 1.89 bits per heavy atom. The van der Waals surface area contributed by atoms with E-state index in [1.807, 2.05) is 13.8 Å². The zero-order valence-electron chi connectivity index (χ0n) is 8.17. The van der Waals surface area contributed by atoms with Crippen LogP contribution < -0.4 is 0 Å². The van der Waals surface area contributed by atoms with Gasteiger partial charge in [0.15, 0.2) is 0 Å². The largest absolute Gasteiger partial charge is 2.00 e. The first-order valence-electron chi connectivity index (χ1n) is 2.95. The van der Waals surface area contributed by atoms with Gasteiger partial charge in [-0.3, -0.25) is 0 Å². The molecule has 3 heteroatoms. The van der Waals surface area contributed by atoms with Crippen molar-refractivity contribution >= 4 is 23.1 Å². The molecule has 0 aliphatic carbocycles. The molecule has 0 aliphatic rings. The molecule has 1 atom stereocenters. The van der Waals surface area contributed by atoms with Crippen molar-refractivity contribution in [2.75, 3.05) is 6.61 Å². The molecule has 0 heterocycles. The van der Waals surface area contributed by atoms with Crippen LogP contribution in [0.2, 0.25) is 0 Å². The molecule has 0 saturated carbocycles. The molecule has 0 bridgehead atoms. The molecule has 0 amide bonds. The summed E-state index contributed by atoms with van der Waals surface area (Å²) < 4.78 is 0. The summed E-state index contributed by atoms with van der Waals surface area (Å²) in [6, 6.07) is 0. The van der Waals surface area contributed by atoms with Gasteiger partial charge in [0.1, 0.15) is 0 Å². The van der Waals surface area contributed by atoms with Crippen LogP contribution in [0.1, 0.15) is 23.1 Å². The number of aliphatic hydroxyl groups is 2. The van der Waals surface area contributed by atoms with E-state index < -0.39 is 6.10 Å². The van der Waals surface area contributed by atoms with Crippen molar-refractivity contribution < 1.29 is 13.1 Å². The summed E-state index contributed by atoms with van der Waals surface area (Å²) >= 11 is 0. The minimum atomic E-state index is -0.519. The van der Waals surface area contributed by atoms with Crippen molar-refractivity contribution in [3.63, 3.8) is 0 Å². The zero-order valence-corrected chi connectivity index (χ0v) is 7.58. The van der Waals surface area contributed by atoms with Gasteiger partial charge in [0.2, 0.25) is 0 Å². The van der Waals surface area contributed by atoms with Gasteiger partial charge >= 0.3 is 23.1 Å². The predicted molar refractivity (Wildman–Crippen MR) is 40.5 cm³/mol. The molecule has 0 fully saturated rings. The second kappa shape index (κ2) is 6.80. The fourth-order valence-electron chi connectivity index (χ4n) is 0.619. The van der Waals surface area contributed by atoms with E-state index >= 15 is 0 Å². The van der Waals surface area contributed by atoms with Crippen molar-refractivity contribution in [2.24, 2.45) is 5.92 Å². The molecule has 0 spiro atoms. The summed E-state index contributed by atoms with van der Waals surface area (Å²) in [5, 5.41) is 17.1. The van der Waals surface area contributed by atoms with Crippen LogP contribution in [0.15, 0.2) is 0 Å². The molecule has 54 valence electrons. The number of hydrogen-bond acceptors (Lipinski definition) is 2. The Morgan fingerprint density at radius 3 is 2.00 bits per heavy atom. The van der Waals surface area contributed by atoms with Gasteiger partial charge in [-0.25, -0.2) is 0 Å². The quantitative estimate of drug-likeness (QED) is 0.557. The van der Waals surface area contributed by atoms with Crippen molar-refractivity contribution in [1.82, 2.24) is 0 Å². The van der Waals surface area contributed by atoms with E-state index in [1.165, 1.54) is 0 Å². The first-order valence-corrected chi connectivity index (χ1v) is 2.95. The Labute approximate surface area is 75.4 Å². The second-order valence-electron chi connectivity index (χ2n) is 2.47. The normalized spacial score (nSPS) is 13.0. The Hall–Kier alpha value is 0.686. The molecule has 2 N–H and O–H groups in total. The van der Waals surface area contributed by atoms with Crippen LogP contribution in [-0.4, -0.2) is 46.0 Å². The van der Waals surface area contributed by atoms with Crippen LogP contribution in [0, 0.1) is 5.92 Å². The number of aliphatic hydroxyl groups excluding tert-OH is 2. The number of hydrogen-bond donors (Lipinski definition) is 2. The van der Waals surface area contributed by atoms with Crippen LogP contribution in [0.25, 0.3) is 0 Å². The molecule has 0 rings (SSSR count). The third-order valence-electron chi connectivity index (χ3n) is 0.954. The van der Waals surface area contributed by atoms with Crippen LogP contribution in [0.3, 0.4) is 0 Å². The minimum absolute atomic E-state index is 0. The van der Waals surface area contributed by atoms with Gasteiger partial charge in [-0.15, -0.1) is 0 Å². The third-order valence-corrected chi connectivity index (χ3v) is 0.954. The summed E-state index contributed by atoms with van der Waals surface area (Å²) in [6.45, 7) is 3.91. The van der Waals surface area contributed by atoms with E-state index in [4.69, 9.17) is 10.2 Å². The van der Waals surface area contributed by atoms with Crippen LogP contribution in [0.4, 0.5) is 0 Å². The van der Waals surface area contributed by atoms with Crippen molar-refractivity contribution in [3.05, 3.63) is 0 Å². The smallest absolute Gasteiger partial charge is 1.00 e. The van der Waals surface area contributed by atoms with Crippen molar-refractivity contribution in [3.8, 4) is 0 Å². The predicted octanol–water partition coefficient (Wildman–Crippen LogP) is 0.230. The summed E-state index contributed by atoms with van der Waals surface area (Å²) in [7, 11) is 0.